The van der Waals surface area contributed by atoms with Crippen molar-refractivity contribution >= 4 is 26.3 Å². The van der Waals surface area contributed by atoms with E-state index in [1.165, 1.54) is 18.5 Å². The first-order valence-electron chi connectivity index (χ1n) is 11.0. The van der Waals surface area contributed by atoms with E-state index in [9.17, 15) is 8.60 Å². The van der Waals surface area contributed by atoms with Crippen LogP contribution in [0, 0.1) is 5.82 Å². The van der Waals surface area contributed by atoms with Crippen LogP contribution in [0.4, 0.5) is 10.1 Å². The molecule has 1 aliphatic heterocycles. The zero-order valence-corrected chi connectivity index (χ0v) is 19.4. The Kier molecular flexibility index (Phi) is 5.92. The minimum absolute atomic E-state index is 0.0939. The van der Waals surface area contributed by atoms with Crippen LogP contribution in [-0.2, 0) is 20.9 Å². The SMILES string of the molecule is CS(C)(=O)=Nc1cc(OC2CC2)c2c(Cc3ccc(F)cc3O[C@H]3CCOC3)ncnc2c1. The molecule has 0 amide bonds. The molecule has 0 bridgehead atoms. The molecular weight excluding hydrogens is 445 g/mol. The standard InChI is InChI=1S/C24H26FN3O4S/c1-33(2,29)28-17-11-21-24(23(12-17)31-18-5-6-18)20(26-14-27-21)9-15-3-4-16(25)10-22(15)32-19-7-8-30-13-19/h3-4,10-12,14,18-19H,5-9,13H2,1-2H3/t19-/m0/s1. The van der Waals surface area contributed by atoms with Gasteiger partial charge in [-0.1, -0.05) is 6.07 Å². The average Bonchev–Trinajstić information content (AvgIpc) is 3.40. The van der Waals surface area contributed by atoms with E-state index in [1.807, 2.05) is 0 Å². The largest absolute Gasteiger partial charge is 0.490 e. The molecule has 0 unspecified atom stereocenters. The molecule has 2 heterocycles. The summed E-state index contributed by atoms with van der Waals surface area (Å²) in [6, 6.07) is 8.16. The average molecular weight is 472 g/mol. The van der Waals surface area contributed by atoms with Crippen molar-refractivity contribution in [3.8, 4) is 11.5 Å². The van der Waals surface area contributed by atoms with Crippen LogP contribution in [0.5, 0.6) is 11.5 Å². The summed E-state index contributed by atoms with van der Waals surface area (Å²) >= 11 is 0. The van der Waals surface area contributed by atoms with Gasteiger partial charge in [0.15, 0.2) is 0 Å². The predicted octanol–water partition coefficient (Wildman–Crippen LogP) is 4.43. The maximum Gasteiger partial charge on any atom is 0.133 e. The molecule has 5 rings (SSSR count). The van der Waals surface area contributed by atoms with Crippen LogP contribution in [0.3, 0.4) is 0 Å². The molecule has 2 fully saturated rings. The number of benzene rings is 2. The van der Waals surface area contributed by atoms with Gasteiger partial charge in [0, 0.05) is 52.8 Å². The second kappa shape index (κ2) is 8.87. The van der Waals surface area contributed by atoms with Crippen molar-refractivity contribution in [2.75, 3.05) is 25.7 Å². The molecule has 1 saturated carbocycles. The van der Waals surface area contributed by atoms with Gasteiger partial charge in [0.25, 0.3) is 0 Å². The smallest absolute Gasteiger partial charge is 0.133 e. The third-order valence-corrected chi connectivity index (χ3v) is 6.13. The summed E-state index contributed by atoms with van der Waals surface area (Å²) in [7, 11) is -2.34. The molecule has 9 heteroatoms. The van der Waals surface area contributed by atoms with Crippen LogP contribution in [0.15, 0.2) is 41.0 Å². The Morgan fingerprint density at radius 3 is 2.64 bits per heavy atom. The third kappa shape index (κ3) is 5.42. The number of nitrogens with zero attached hydrogens (tertiary/aromatic N) is 3. The zero-order chi connectivity index (χ0) is 23.0. The number of halogens is 1. The molecule has 0 radical (unpaired) electrons. The number of rotatable bonds is 7. The fourth-order valence-electron chi connectivity index (χ4n) is 3.85. The molecule has 33 heavy (non-hydrogen) atoms. The van der Waals surface area contributed by atoms with Gasteiger partial charge in [-0.15, -0.1) is 0 Å². The lowest BCUT2D eigenvalue weighted by Gasteiger charge is -2.17. The highest BCUT2D eigenvalue weighted by Gasteiger charge is 2.26. The first kappa shape index (κ1) is 22.0. The topological polar surface area (TPSA) is 82.9 Å². The number of hydrogen-bond acceptors (Lipinski definition) is 7. The van der Waals surface area contributed by atoms with Gasteiger partial charge in [0.1, 0.15) is 29.7 Å². The normalized spacial score (nSPS) is 18.5. The molecule has 2 aliphatic rings. The molecule has 1 saturated heterocycles. The van der Waals surface area contributed by atoms with E-state index in [-0.39, 0.29) is 18.0 Å². The van der Waals surface area contributed by atoms with Gasteiger partial charge >= 0.3 is 0 Å². The Hall–Kier alpha value is -2.78. The molecular formula is C24H26FN3O4S. The molecule has 3 aromatic rings. The summed E-state index contributed by atoms with van der Waals surface area (Å²) in [5.74, 6) is 0.763. The summed E-state index contributed by atoms with van der Waals surface area (Å²) in [5.41, 5.74) is 2.79. The lowest BCUT2D eigenvalue weighted by atomic mass is 10.0. The summed E-state index contributed by atoms with van der Waals surface area (Å²) < 4.78 is 48.3. The molecule has 2 aromatic carbocycles. The Bertz CT molecular complexity index is 1300. The molecule has 174 valence electrons. The van der Waals surface area contributed by atoms with Crippen molar-refractivity contribution in [3.05, 3.63) is 53.7 Å². The Morgan fingerprint density at radius 1 is 1.09 bits per heavy atom. The van der Waals surface area contributed by atoms with Crippen LogP contribution in [0.1, 0.15) is 30.5 Å². The molecule has 1 aliphatic carbocycles. The quantitative estimate of drug-likeness (QED) is 0.507. The molecule has 0 spiro atoms. The first-order valence-corrected chi connectivity index (χ1v) is 13.3. The van der Waals surface area contributed by atoms with Crippen molar-refractivity contribution in [2.24, 2.45) is 4.36 Å². The highest BCUT2D eigenvalue weighted by molar-refractivity contribution is 7.92. The Morgan fingerprint density at radius 2 is 1.91 bits per heavy atom. The van der Waals surface area contributed by atoms with E-state index >= 15 is 0 Å². The molecule has 7 nitrogen and oxygen atoms in total. The van der Waals surface area contributed by atoms with E-state index in [4.69, 9.17) is 14.2 Å². The van der Waals surface area contributed by atoms with Crippen LogP contribution in [0.25, 0.3) is 10.9 Å². The maximum absolute atomic E-state index is 14.0. The van der Waals surface area contributed by atoms with Crippen molar-refractivity contribution in [2.45, 2.75) is 37.9 Å². The monoisotopic (exact) mass is 471 g/mol. The highest BCUT2D eigenvalue weighted by Crippen LogP contribution is 2.38. The van der Waals surface area contributed by atoms with E-state index in [1.54, 1.807) is 30.7 Å². The second-order valence-corrected chi connectivity index (χ2v) is 11.3. The van der Waals surface area contributed by atoms with E-state index in [0.29, 0.717) is 42.3 Å². The van der Waals surface area contributed by atoms with Crippen molar-refractivity contribution in [3.63, 3.8) is 0 Å². The summed E-state index contributed by atoms with van der Waals surface area (Å²) in [4.78, 5) is 8.97. The van der Waals surface area contributed by atoms with E-state index in [0.717, 1.165) is 35.9 Å². The summed E-state index contributed by atoms with van der Waals surface area (Å²) in [6.45, 7) is 1.14. The first-order chi connectivity index (χ1) is 15.8. The van der Waals surface area contributed by atoms with E-state index < -0.39 is 9.73 Å². The van der Waals surface area contributed by atoms with Crippen LogP contribution in [-0.4, -0.2) is 52.1 Å². The van der Waals surface area contributed by atoms with Crippen LogP contribution >= 0.6 is 0 Å². The fraction of sp³-hybridized carbons (Fsp3) is 0.417. The van der Waals surface area contributed by atoms with Gasteiger partial charge in [-0.3, -0.25) is 0 Å². The van der Waals surface area contributed by atoms with Gasteiger partial charge in [-0.25, -0.2) is 18.6 Å². The lowest BCUT2D eigenvalue weighted by molar-refractivity contribution is 0.140. The van der Waals surface area contributed by atoms with E-state index in [2.05, 4.69) is 14.3 Å². The zero-order valence-electron chi connectivity index (χ0n) is 18.6. The summed E-state index contributed by atoms with van der Waals surface area (Å²) in [5, 5.41) is 0.779. The summed E-state index contributed by atoms with van der Waals surface area (Å²) in [6.07, 6.45) is 7.90. The minimum atomic E-state index is -2.34. The maximum atomic E-state index is 14.0. The molecule has 1 atom stereocenters. The van der Waals surface area contributed by atoms with Gasteiger partial charge in [0.05, 0.1) is 41.6 Å². The molecule has 1 aromatic heterocycles. The fourth-order valence-corrected chi connectivity index (χ4v) is 4.47. The van der Waals surface area contributed by atoms with Crippen molar-refractivity contribution < 1.29 is 22.8 Å². The second-order valence-electron chi connectivity index (χ2n) is 8.78. The van der Waals surface area contributed by atoms with Crippen LogP contribution < -0.4 is 9.47 Å². The number of hydrogen-bond donors (Lipinski definition) is 0. The van der Waals surface area contributed by atoms with Crippen LogP contribution in [0.2, 0.25) is 0 Å². The van der Waals surface area contributed by atoms with Gasteiger partial charge in [0.2, 0.25) is 0 Å². The van der Waals surface area contributed by atoms with Gasteiger partial charge in [-0.05, 0) is 25.0 Å². The number of fused-ring (bicyclic) bond motifs is 1. The highest BCUT2D eigenvalue weighted by atomic mass is 32.2. The Labute approximate surface area is 192 Å². The lowest BCUT2D eigenvalue weighted by Crippen LogP contribution is -2.17. The molecule has 0 N–H and O–H groups in total. The number of aromatic nitrogens is 2. The minimum Gasteiger partial charge on any atom is -0.490 e. The number of ether oxygens (including phenoxy) is 3. The third-order valence-electron chi connectivity index (χ3n) is 5.48. The Balaban J connectivity index is 1.57. The van der Waals surface area contributed by atoms with Crippen molar-refractivity contribution in [1.29, 1.82) is 0 Å². The predicted molar refractivity (Wildman–Crippen MR) is 124 cm³/mol. The van der Waals surface area contributed by atoms with Gasteiger partial charge < -0.3 is 14.2 Å². The van der Waals surface area contributed by atoms with Gasteiger partial charge in [-0.2, -0.15) is 4.36 Å². The van der Waals surface area contributed by atoms with Crippen molar-refractivity contribution in [1.82, 2.24) is 9.97 Å².